The Morgan fingerprint density at radius 2 is 2.14 bits per heavy atom. The van der Waals surface area contributed by atoms with Gasteiger partial charge in [-0.25, -0.2) is 4.98 Å². The van der Waals surface area contributed by atoms with Crippen molar-refractivity contribution >= 4 is 22.6 Å². The fourth-order valence-electron chi connectivity index (χ4n) is 3.21. The summed E-state index contributed by atoms with van der Waals surface area (Å²) in [4.78, 5) is 19.7. The van der Waals surface area contributed by atoms with Crippen LogP contribution >= 0.6 is 0 Å². The molecular weight excluding hydrogens is 264 g/mol. The van der Waals surface area contributed by atoms with Crippen molar-refractivity contribution < 1.29 is 4.79 Å². The molecule has 5 nitrogen and oxygen atoms in total. The largest absolute Gasteiger partial charge is 0.346 e. The fraction of sp³-hybridized carbons (Fsp3) is 0.500. The van der Waals surface area contributed by atoms with Gasteiger partial charge < -0.3 is 16.0 Å². The number of pyridine rings is 1. The van der Waals surface area contributed by atoms with Gasteiger partial charge in [-0.15, -0.1) is 0 Å². The van der Waals surface area contributed by atoms with Crippen LogP contribution in [0.3, 0.4) is 0 Å². The van der Waals surface area contributed by atoms with Crippen molar-refractivity contribution in [3.8, 4) is 0 Å². The molecule has 1 saturated carbocycles. The predicted octanol–water partition coefficient (Wildman–Crippen LogP) is 2.66. The summed E-state index contributed by atoms with van der Waals surface area (Å²) in [5, 5.41) is 4.01. The van der Waals surface area contributed by atoms with Crippen molar-refractivity contribution in [2.24, 2.45) is 17.6 Å². The van der Waals surface area contributed by atoms with Gasteiger partial charge in [0.1, 0.15) is 5.65 Å². The van der Waals surface area contributed by atoms with Gasteiger partial charge in [-0.2, -0.15) is 0 Å². The number of carbonyl (C=O) groups is 1. The van der Waals surface area contributed by atoms with Crippen LogP contribution in [0, 0.1) is 11.8 Å². The lowest BCUT2D eigenvalue weighted by atomic mass is 9.79. The van der Waals surface area contributed by atoms with E-state index >= 15 is 0 Å². The second-order valence-electron chi connectivity index (χ2n) is 6.06. The second kappa shape index (κ2) is 5.85. The maximum absolute atomic E-state index is 12.4. The van der Waals surface area contributed by atoms with E-state index in [0.717, 1.165) is 42.4 Å². The third kappa shape index (κ3) is 2.93. The third-order valence-electron chi connectivity index (χ3n) is 4.60. The van der Waals surface area contributed by atoms with E-state index in [4.69, 9.17) is 5.73 Å². The highest BCUT2D eigenvalue weighted by Crippen LogP contribution is 2.31. The van der Waals surface area contributed by atoms with Gasteiger partial charge in [0.05, 0.1) is 5.69 Å². The molecule has 2 heterocycles. The fourth-order valence-corrected chi connectivity index (χ4v) is 3.21. The molecule has 112 valence electrons. The highest BCUT2D eigenvalue weighted by Gasteiger charge is 2.28. The lowest BCUT2D eigenvalue weighted by Gasteiger charge is -2.30. The van der Waals surface area contributed by atoms with Crippen LogP contribution in [0.15, 0.2) is 24.5 Å². The van der Waals surface area contributed by atoms with E-state index in [-0.39, 0.29) is 17.9 Å². The number of carbonyl (C=O) groups excluding carboxylic acids is 1. The Morgan fingerprint density at radius 1 is 1.38 bits per heavy atom. The molecule has 0 saturated heterocycles. The monoisotopic (exact) mass is 286 g/mol. The maximum Gasteiger partial charge on any atom is 0.227 e. The van der Waals surface area contributed by atoms with Gasteiger partial charge in [0.15, 0.2) is 0 Å². The summed E-state index contributed by atoms with van der Waals surface area (Å²) in [5.41, 5.74) is 7.59. The molecule has 1 atom stereocenters. The molecular formula is C16H22N4O. The standard InChI is InChI=1S/C16H22N4O/c1-10(17)11-2-4-12(5-3-11)16(21)20-14-7-9-19-15-13(14)6-8-18-15/h6-12H,2-5,17H2,1H3,(H2,18,19,20,21)/t10-,11?,12?/m1/s1. The van der Waals surface area contributed by atoms with Crippen molar-refractivity contribution in [3.63, 3.8) is 0 Å². The van der Waals surface area contributed by atoms with Crippen LogP contribution < -0.4 is 11.1 Å². The van der Waals surface area contributed by atoms with Crippen molar-refractivity contribution in [2.45, 2.75) is 38.6 Å². The maximum atomic E-state index is 12.4. The van der Waals surface area contributed by atoms with E-state index in [9.17, 15) is 4.79 Å². The van der Waals surface area contributed by atoms with Crippen LogP contribution in [-0.4, -0.2) is 21.9 Å². The van der Waals surface area contributed by atoms with Crippen LogP contribution in [0.5, 0.6) is 0 Å². The van der Waals surface area contributed by atoms with Gasteiger partial charge in [-0.1, -0.05) is 0 Å². The first-order chi connectivity index (χ1) is 10.1. The lowest BCUT2D eigenvalue weighted by Crippen LogP contribution is -2.33. The zero-order valence-electron chi connectivity index (χ0n) is 12.3. The number of anilines is 1. The Balaban J connectivity index is 1.66. The summed E-state index contributed by atoms with van der Waals surface area (Å²) in [6.07, 6.45) is 7.50. The first-order valence-electron chi connectivity index (χ1n) is 7.63. The number of fused-ring (bicyclic) bond motifs is 1. The minimum atomic E-state index is 0.0992. The average molecular weight is 286 g/mol. The van der Waals surface area contributed by atoms with Gasteiger partial charge in [-0.05, 0) is 50.7 Å². The molecule has 0 unspecified atom stereocenters. The Bertz CT molecular complexity index is 626. The number of hydrogen-bond donors (Lipinski definition) is 3. The third-order valence-corrected chi connectivity index (χ3v) is 4.60. The molecule has 0 radical (unpaired) electrons. The Kier molecular flexibility index (Phi) is 3.92. The average Bonchev–Trinajstić information content (AvgIpc) is 2.97. The van der Waals surface area contributed by atoms with E-state index in [1.54, 1.807) is 6.20 Å². The lowest BCUT2D eigenvalue weighted by molar-refractivity contribution is -0.121. The second-order valence-corrected chi connectivity index (χ2v) is 6.06. The molecule has 5 heteroatoms. The molecule has 2 aromatic heterocycles. The molecule has 1 aliphatic carbocycles. The van der Waals surface area contributed by atoms with E-state index in [1.165, 1.54) is 0 Å². The molecule has 0 aromatic carbocycles. The molecule has 1 aliphatic rings. The first-order valence-corrected chi connectivity index (χ1v) is 7.63. The zero-order valence-corrected chi connectivity index (χ0v) is 12.3. The first kappa shape index (κ1) is 14.1. The number of nitrogens with zero attached hydrogens (tertiary/aromatic N) is 1. The normalized spacial score (nSPS) is 23.9. The number of aromatic amines is 1. The summed E-state index contributed by atoms with van der Waals surface area (Å²) in [7, 11) is 0. The van der Waals surface area contributed by atoms with E-state index in [2.05, 4.69) is 22.2 Å². The Morgan fingerprint density at radius 3 is 2.86 bits per heavy atom. The number of amides is 1. The molecule has 2 aromatic rings. The summed E-state index contributed by atoms with van der Waals surface area (Å²) in [6.45, 7) is 2.06. The van der Waals surface area contributed by atoms with Crippen LogP contribution in [0.25, 0.3) is 11.0 Å². The number of aromatic nitrogens is 2. The predicted molar refractivity (Wildman–Crippen MR) is 83.8 cm³/mol. The molecule has 1 fully saturated rings. The molecule has 4 N–H and O–H groups in total. The number of rotatable bonds is 3. The van der Waals surface area contributed by atoms with Crippen molar-refractivity contribution in [1.82, 2.24) is 9.97 Å². The van der Waals surface area contributed by atoms with Gasteiger partial charge in [0.25, 0.3) is 0 Å². The summed E-state index contributed by atoms with van der Waals surface area (Å²) < 4.78 is 0. The quantitative estimate of drug-likeness (QED) is 0.811. The smallest absolute Gasteiger partial charge is 0.227 e. The van der Waals surface area contributed by atoms with Crippen molar-refractivity contribution in [3.05, 3.63) is 24.5 Å². The molecule has 21 heavy (non-hydrogen) atoms. The Labute approximate surface area is 124 Å². The number of H-pyrrole nitrogens is 1. The topological polar surface area (TPSA) is 83.8 Å². The number of nitrogens with two attached hydrogens (primary N) is 1. The number of hydrogen-bond acceptors (Lipinski definition) is 3. The number of nitrogens with one attached hydrogen (secondary N) is 2. The molecule has 0 spiro atoms. The molecule has 0 aliphatic heterocycles. The molecule has 0 bridgehead atoms. The Hall–Kier alpha value is -1.88. The summed E-state index contributed by atoms with van der Waals surface area (Å²) in [6, 6.07) is 4.01. The minimum absolute atomic E-state index is 0.0992. The van der Waals surface area contributed by atoms with Crippen LogP contribution in [-0.2, 0) is 4.79 Å². The van der Waals surface area contributed by atoms with E-state index in [0.29, 0.717) is 5.92 Å². The van der Waals surface area contributed by atoms with E-state index in [1.807, 2.05) is 18.3 Å². The zero-order chi connectivity index (χ0) is 14.8. The van der Waals surface area contributed by atoms with Crippen molar-refractivity contribution in [1.29, 1.82) is 0 Å². The minimum Gasteiger partial charge on any atom is -0.346 e. The van der Waals surface area contributed by atoms with Crippen LogP contribution in [0.1, 0.15) is 32.6 Å². The van der Waals surface area contributed by atoms with Crippen LogP contribution in [0.4, 0.5) is 5.69 Å². The summed E-state index contributed by atoms with van der Waals surface area (Å²) >= 11 is 0. The summed E-state index contributed by atoms with van der Waals surface area (Å²) in [5.74, 6) is 0.778. The molecule has 3 rings (SSSR count). The highest BCUT2D eigenvalue weighted by molar-refractivity contribution is 6.00. The van der Waals surface area contributed by atoms with Gasteiger partial charge in [-0.3, -0.25) is 4.79 Å². The molecule has 1 amide bonds. The van der Waals surface area contributed by atoms with Crippen molar-refractivity contribution in [2.75, 3.05) is 5.32 Å². The van der Waals surface area contributed by atoms with Gasteiger partial charge >= 0.3 is 0 Å². The highest BCUT2D eigenvalue weighted by atomic mass is 16.1. The SMILES string of the molecule is C[C@@H](N)C1CCC(C(=O)Nc2ccnc3[nH]ccc23)CC1. The van der Waals surface area contributed by atoms with E-state index < -0.39 is 0 Å². The van der Waals surface area contributed by atoms with Crippen LogP contribution in [0.2, 0.25) is 0 Å². The van der Waals surface area contributed by atoms with Gasteiger partial charge in [0, 0.05) is 29.7 Å². The van der Waals surface area contributed by atoms with Gasteiger partial charge in [0.2, 0.25) is 5.91 Å².